The van der Waals surface area contributed by atoms with Crippen LogP contribution < -0.4 is 15.0 Å². The Kier molecular flexibility index (Phi) is 5.20. The van der Waals surface area contributed by atoms with E-state index in [1.165, 1.54) is 6.33 Å². The van der Waals surface area contributed by atoms with E-state index in [0.29, 0.717) is 18.0 Å². The van der Waals surface area contributed by atoms with Crippen molar-refractivity contribution in [3.8, 4) is 5.75 Å². The average Bonchev–Trinajstić information content (AvgIpc) is 3.24. The number of hydrogen-bond acceptors (Lipinski definition) is 5. The van der Waals surface area contributed by atoms with Gasteiger partial charge in [0.2, 0.25) is 5.91 Å². The van der Waals surface area contributed by atoms with E-state index in [-0.39, 0.29) is 11.9 Å². The molecule has 1 N–H and O–H groups in total. The monoisotopic (exact) mass is 349 g/mol. The molecule has 1 aliphatic rings. The number of rotatable bonds is 6. The molecule has 1 aromatic heterocycles. The van der Waals surface area contributed by atoms with Crippen molar-refractivity contribution in [3.63, 3.8) is 0 Å². The van der Waals surface area contributed by atoms with E-state index in [9.17, 15) is 4.79 Å². The molecule has 128 valence electrons. The number of halogens is 1. The smallest absolute Gasteiger partial charge is 0.222 e. The molecule has 0 spiro atoms. The summed E-state index contributed by atoms with van der Waals surface area (Å²) in [5, 5.41) is 7.74. The minimum absolute atomic E-state index is 0.0235. The van der Waals surface area contributed by atoms with Crippen LogP contribution in [0.25, 0.3) is 0 Å². The van der Waals surface area contributed by atoms with Crippen LogP contribution in [0.15, 0.2) is 30.9 Å². The van der Waals surface area contributed by atoms with E-state index in [1.54, 1.807) is 18.1 Å². The van der Waals surface area contributed by atoms with Crippen LogP contribution >= 0.6 is 11.6 Å². The summed E-state index contributed by atoms with van der Waals surface area (Å²) in [5.74, 6) is 0.813. The van der Waals surface area contributed by atoms with Gasteiger partial charge in [0, 0.05) is 30.6 Å². The van der Waals surface area contributed by atoms with Gasteiger partial charge >= 0.3 is 0 Å². The van der Waals surface area contributed by atoms with E-state index < -0.39 is 0 Å². The number of ether oxygens (including phenoxy) is 1. The number of hydrogen-bond donors (Lipinski definition) is 1. The highest BCUT2D eigenvalue weighted by atomic mass is 35.5. The predicted molar refractivity (Wildman–Crippen MR) is 91.4 cm³/mol. The molecule has 8 heteroatoms. The van der Waals surface area contributed by atoms with Gasteiger partial charge in [-0.25, -0.2) is 4.98 Å². The molecule has 1 aromatic carbocycles. The first-order valence-corrected chi connectivity index (χ1v) is 8.24. The molecule has 0 radical (unpaired) electrons. The molecule has 2 aromatic rings. The van der Waals surface area contributed by atoms with Crippen LogP contribution in [0.5, 0.6) is 5.75 Å². The maximum atomic E-state index is 12.1. The third-order valence-electron chi connectivity index (χ3n) is 4.07. The molecule has 7 nitrogen and oxygen atoms in total. The van der Waals surface area contributed by atoms with Crippen LogP contribution in [0.3, 0.4) is 0 Å². The van der Waals surface area contributed by atoms with Gasteiger partial charge in [-0.15, -0.1) is 0 Å². The number of benzene rings is 1. The summed E-state index contributed by atoms with van der Waals surface area (Å²) in [7, 11) is 1.65. The van der Waals surface area contributed by atoms with Crippen LogP contribution in [0.1, 0.15) is 12.8 Å². The Morgan fingerprint density at radius 1 is 1.50 bits per heavy atom. The highest BCUT2D eigenvalue weighted by Crippen LogP contribution is 2.33. The first-order valence-electron chi connectivity index (χ1n) is 7.86. The second kappa shape index (κ2) is 7.53. The van der Waals surface area contributed by atoms with Gasteiger partial charge in [-0.2, -0.15) is 5.10 Å². The third kappa shape index (κ3) is 3.97. The average molecular weight is 350 g/mol. The molecule has 24 heavy (non-hydrogen) atoms. The van der Waals surface area contributed by atoms with Gasteiger partial charge in [0.15, 0.2) is 0 Å². The van der Waals surface area contributed by atoms with Crippen molar-refractivity contribution in [1.29, 1.82) is 0 Å². The number of amides is 1. The van der Waals surface area contributed by atoms with Crippen molar-refractivity contribution in [3.05, 3.63) is 35.9 Å². The van der Waals surface area contributed by atoms with Crippen LogP contribution in [0.2, 0.25) is 5.02 Å². The lowest BCUT2D eigenvalue weighted by Gasteiger charge is -2.21. The Bertz CT molecular complexity index is 692. The van der Waals surface area contributed by atoms with Crippen molar-refractivity contribution in [2.75, 3.05) is 25.1 Å². The molecule has 3 rings (SSSR count). The number of carbonyl (C=O) groups excluding carboxylic acids is 1. The summed E-state index contributed by atoms with van der Waals surface area (Å²) < 4.78 is 7.06. The second-order valence-corrected chi connectivity index (χ2v) is 6.16. The number of nitrogens with zero attached hydrogens (tertiary/aromatic N) is 4. The standard InChI is InChI=1S/C16H20ClN5O2/c1-24-15-3-2-12(17)8-14(15)21-6-4-13(9-21)20-16(23)5-7-22-11-18-10-19-22/h2-3,8,10-11,13H,4-7,9H2,1H3,(H,20,23)/t13-/m0/s1. The van der Waals surface area contributed by atoms with Gasteiger partial charge in [-0.3, -0.25) is 9.48 Å². The third-order valence-corrected chi connectivity index (χ3v) is 4.30. The quantitative estimate of drug-likeness (QED) is 0.859. The lowest BCUT2D eigenvalue weighted by atomic mass is 10.2. The molecule has 2 heterocycles. The Morgan fingerprint density at radius 2 is 2.38 bits per heavy atom. The van der Waals surface area contributed by atoms with Gasteiger partial charge in [-0.1, -0.05) is 11.6 Å². The highest BCUT2D eigenvalue weighted by molar-refractivity contribution is 6.30. The van der Waals surface area contributed by atoms with E-state index in [4.69, 9.17) is 16.3 Å². The number of methoxy groups -OCH3 is 1. The van der Waals surface area contributed by atoms with E-state index in [0.717, 1.165) is 30.9 Å². The van der Waals surface area contributed by atoms with Gasteiger partial charge in [0.25, 0.3) is 0 Å². The summed E-state index contributed by atoms with van der Waals surface area (Å²) in [5.41, 5.74) is 0.962. The zero-order valence-electron chi connectivity index (χ0n) is 13.5. The maximum Gasteiger partial charge on any atom is 0.222 e. The highest BCUT2D eigenvalue weighted by Gasteiger charge is 2.26. The Labute approximate surface area is 145 Å². The summed E-state index contributed by atoms with van der Waals surface area (Å²) in [4.78, 5) is 18.1. The molecule has 1 atom stereocenters. The van der Waals surface area contributed by atoms with Gasteiger partial charge in [0.1, 0.15) is 18.4 Å². The molecular weight excluding hydrogens is 330 g/mol. The number of aromatic nitrogens is 3. The SMILES string of the molecule is COc1ccc(Cl)cc1N1CC[C@H](NC(=O)CCn2cncn2)C1. The lowest BCUT2D eigenvalue weighted by Crippen LogP contribution is -2.37. The van der Waals surface area contributed by atoms with Crippen molar-refractivity contribution in [2.24, 2.45) is 0 Å². The predicted octanol–water partition coefficient (Wildman–Crippen LogP) is 1.73. The molecule has 1 amide bonds. The van der Waals surface area contributed by atoms with Crippen LogP contribution in [-0.2, 0) is 11.3 Å². The molecule has 0 aliphatic carbocycles. The van der Waals surface area contributed by atoms with Crippen molar-refractivity contribution < 1.29 is 9.53 Å². The Hall–Kier alpha value is -2.28. The largest absolute Gasteiger partial charge is 0.495 e. The fourth-order valence-electron chi connectivity index (χ4n) is 2.87. The molecule has 1 fully saturated rings. The number of anilines is 1. The van der Waals surface area contributed by atoms with Crippen molar-refractivity contribution in [1.82, 2.24) is 20.1 Å². The molecule has 0 bridgehead atoms. The van der Waals surface area contributed by atoms with E-state index >= 15 is 0 Å². The minimum atomic E-state index is 0.0235. The topological polar surface area (TPSA) is 72.3 Å². The number of aryl methyl sites for hydroxylation is 1. The summed E-state index contributed by atoms with van der Waals surface area (Å²) in [6.07, 6.45) is 4.35. The minimum Gasteiger partial charge on any atom is -0.495 e. The first kappa shape index (κ1) is 16.6. The first-order chi connectivity index (χ1) is 11.7. The van der Waals surface area contributed by atoms with Crippen molar-refractivity contribution >= 4 is 23.2 Å². The van der Waals surface area contributed by atoms with Crippen molar-refractivity contribution in [2.45, 2.75) is 25.4 Å². The zero-order valence-corrected chi connectivity index (χ0v) is 14.2. The fraction of sp³-hybridized carbons (Fsp3) is 0.438. The lowest BCUT2D eigenvalue weighted by molar-refractivity contribution is -0.121. The van der Waals surface area contributed by atoms with Crippen LogP contribution in [0, 0.1) is 0 Å². The molecule has 1 saturated heterocycles. The number of nitrogens with one attached hydrogen (secondary N) is 1. The second-order valence-electron chi connectivity index (χ2n) is 5.72. The van der Waals surface area contributed by atoms with Gasteiger partial charge < -0.3 is 15.0 Å². The normalized spacial score (nSPS) is 17.1. The maximum absolute atomic E-state index is 12.1. The summed E-state index contributed by atoms with van der Waals surface area (Å²) in [6.45, 7) is 2.13. The summed E-state index contributed by atoms with van der Waals surface area (Å²) >= 11 is 6.10. The van der Waals surface area contributed by atoms with Crippen LogP contribution in [0.4, 0.5) is 5.69 Å². The molecule has 1 aliphatic heterocycles. The molecule has 0 saturated carbocycles. The molecular formula is C16H20ClN5O2. The van der Waals surface area contributed by atoms with Crippen LogP contribution in [-0.4, -0.2) is 46.9 Å². The Balaban J connectivity index is 1.53. The van der Waals surface area contributed by atoms with E-state index in [2.05, 4.69) is 20.3 Å². The zero-order chi connectivity index (χ0) is 16.9. The Morgan fingerprint density at radius 3 is 3.12 bits per heavy atom. The fourth-order valence-corrected chi connectivity index (χ4v) is 3.04. The van der Waals surface area contributed by atoms with Gasteiger partial charge in [-0.05, 0) is 24.6 Å². The van der Waals surface area contributed by atoms with Gasteiger partial charge in [0.05, 0.1) is 19.3 Å². The molecule has 0 unspecified atom stereocenters. The van der Waals surface area contributed by atoms with E-state index in [1.807, 2.05) is 18.2 Å². The number of carbonyl (C=O) groups is 1. The summed E-state index contributed by atoms with van der Waals surface area (Å²) in [6, 6.07) is 5.69.